The number of carbonyl (C=O) groups excluding carboxylic acids is 1. The molecule has 3 heterocycles. The molecule has 2 saturated heterocycles. The van der Waals surface area contributed by atoms with Crippen molar-refractivity contribution in [3.8, 4) is 0 Å². The van der Waals surface area contributed by atoms with Crippen LogP contribution in [0.3, 0.4) is 0 Å². The van der Waals surface area contributed by atoms with Gasteiger partial charge in [0.1, 0.15) is 0 Å². The molecule has 2 aliphatic rings. The van der Waals surface area contributed by atoms with Crippen molar-refractivity contribution in [3.63, 3.8) is 0 Å². The van der Waals surface area contributed by atoms with Crippen LogP contribution in [0, 0.1) is 6.92 Å². The number of aliphatic hydroxyl groups is 1. The van der Waals surface area contributed by atoms with Crippen molar-refractivity contribution in [2.75, 3.05) is 46.4 Å². The van der Waals surface area contributed by atoms with E-state index >= 15 is 0 Å². The van der Waals surface area contributed by atoms with Crippen LogP contribution in [-0.2, 0) is 11.3 Å². The molecule has 6 nitrogen and oxygen atoms in total. The molecule has 2 aliphatic heterocycles. The molecule has 0 bridgehead atoms. The number of aromatic nitrogens is 1. The number of β-amino-alcohol motifs (C(OH)–C–C–N with tert-alkyl or cyclic N) is 1. The smallest absolute Gasteiger partial charge is 0.222 e. The van der Waals surface area contributed by atoms with Crippen LogP contribution in [0.4, 0.5) is 0 Å². The van der Waals surface area contributed by atoms with Gasteiger partial charge in [-0.2, -0.15) is 0 Å². The maximum absolute atomic E-state index is 12.3. The van der Waals surface area contributed by atoms with Crippen LogP contribution in [0.1, 0.15) is 29.8 Å². The third-order valence-electron chi connectivity index (χ3n) is 5.67. The van der Waals surface area contributed by atoms with E-state index < -0.39 is 0 Å². The summed E-state index contributed by atoms with van der Waals surface area (Å²) in [5, 5.41) is 9.18. The molecule has 1 atom stereocenters. The summed E-state index contributed by atoms with van der Waals surface area (Å²) in [5.41, 5.74) is 3.13. The molecule has 134 valence electrons. The molecule has 24 heavy (non-hydrogen) atoms. The fourth-order valence-corrected chi connectivity index (χ4v) is 4.77. The van der Waals surface area contributed by atoms with Crippen LogP contribution in [0.15, 0.2) is 5.51 Å². The van der Waals surface area contributed by atoms with Crippen LogP contribution in [0.5, 0.6) is 0 Å². The van der Waals surface area contributed by atoms with Gasteiger partial charge in [-0.1, -0.05) is 0 Å². The van der Waals surface area contributed by atoms with Gasteiger partial charge in [-0.25, -0.2) is 4.98 Å². The second-order valence-corrected chi connectivity index (χ2v) is 8.01. The Morgan fingerprint density at radius 3 is 2.88 bits per heavy atom. The molecule has 3 rings (SSSR count). The number of aliphatic hydroxyl groups excluding tert-OH is 1. The van der Waals surface area contributed by atoms with Crippen molar-refractivity contribution in [2.24, 2.45) is 0 Å². The van der Waals surface area contributed by atoms with Crippen molar-refractivity contribution >= 4 is 17.2 Å². The minimum Gasteiger partial charge on any atom is -0.395 e. The zero-order chi connectivity index (χ0) is 17.2. The maximum atomic E-state index is 12.3. The van der Waals surface area contributed by atoms with Gasteiger partial charge in [0.15, 0.2) is 0 Å². The van der Waals surface area contributed by atoms with E-state index in [0.29, 0.717) is 13.0 Å². The molecule has 2 fully saturated rings. The highest BCUT2D eigenvalue weighted by Crippen LogP contribution is 2.33. The Balaban J connectivity index is 1.70. The molecular formula is C17H28N4O2S. The zero-order valence-corrected chi connectivity index (χ0v) is 15.5. The molecule has 1 amide bonds. The van der Waals surface area contributed by atoms with Crippen LogP contribution in [0.25, 0.3) is 0 Å². The number of amides is 1. The van der Waals surface area contributed by atoms with Gasteiger partial charge < -0.3 is 10.0 Å². The standard InChI is InChI=1S/C17H28N4O2S/c1-14-15(24-13-18-14)11-20-8-7-19(2)17(12-20)4-3-16(23)21(6-5-17)9-10-22/h13,22H,3-12H2,1-2H3/t17-/m0/s1. The van der Waals surface area contributed by atoms with Gasteiger partial charge in [0.25, 0.3) is 0 Å². The lowest BCUT2D eigenvalue weighted by Crippen LogP contribution is -2.60. The molecule has 1 aromatic rings. The lowest BCUT2D eigenvalue weighted by atomic mass is 9.86. The molecule has 0 aromatic carbocycles. The number of hydrogen-bond donors (Lipinski definition) is 1. The van der Waals surface area contributed by atoms with Crippen LogP contribution in [0.2, 0.25) is 0 Å². The summed E-state index contributed by atoms with van der Waals surface area (Å²) in [4.78, 5) is 24.8. The molecule has 0 unspecified atom stereocenters. The Kier molecular flexibility index (Phi) is 5.54. The quantitative estimate of drug-likeness (QED) is 0.874. The molecule has 0 saturated carbocycles. The number of thiazole rings is 1. The molecular weight excluding hydrogens is 324 g/mol. The Hall–Kier alpha value is -1.02. The number of nitrogens with zero attached hydrogens (tertiary/aromatic N) is 4. The van der Waals surface area contributed by atoms with E-state index in [-0.39, 0.29) is 18.1 Å². The van der Waals surface area contributed by atoms with Gasteiger partial charge >= 0.3 is 0 Å². The minimum atomic E-state index is 0.0470. The van der Waals surface area contributed by atoms with E-state index in [2.05, 4.69) is 28.8 Å². The predicted molar refractivity (Wildman–Crippen MR) is 95.0 cm³/mol. The third kappa shape index (κ3) is 3.64. The summed E-state index contributed by atoms with van der Waals surface area (Å²) in [5.74, 6) is 0.185. The fourth-order valence-electron chi connectivity index (χ4n) is 3.95. The first kappa shape index (κ1) is 17.8. The first-order valence-electron chi connectivity index (χ1n) is 8.75. The first-order chi connectivity index (χ1) is 11.5. The number of carbonyl (C=O) groups is 1. The summed E-state index contributed by atoms with van der Waals surface area (Å²) >= 11 is 1.73. The highest BCUT2D eigenvalue weighted by molar-refractivity contribution is 7.09. The SMILES string of the molecule is Cc1ncsc1CN1CCN(C)[C@]2(CCC(=O)N(CCO)CC2)C1. The molecule has 1 N–H and O–H groups in total. The summed E-state index contributed by atoms with van der Waals surface area (Å²) in [7, 11) is 2.20. The summed E-state index contributed by atoms with van der Waals surface area (Å²) in [6.07, 6.45) is 2.47. The van der Waals surface area contributed by atoms with Gasteiger partial charge in [-0.3, -0.25) is 14.6 Å². The molecule has 7 heteroatoms. The Morgan fingerprint density at radius 2 is 2.17 bits per heavy atom. The van der Waals surface area contributed by atoms with E-state index in [1.54, 1.807) is 11.3 Å². The lowest BCUT2D eigenvalue weighted by Gasteiger charge is -2.49. The van der Waals surface area contributed by atoms with Gasteiger partial charge in [0, 0.05) is 56.1 Å². The predicted octanol–water partition coefficient (Wildman–Crippen LogP) is 0.943. The number of hydrogen-bond acceptors (Lipinski definition) is 6. The molecule has 0 radical (unpaired) electrons. The van der Waals surface area contributed by atoms with Gasteiger partial charge in [0.2, 0.25) is 5.91 Å². The third-order valence-corrected chi connectivity index (χ3v) is 6.59. The largest absolute Gasteiger partial charge is 0.395 e. The second kappa shape index (κ2) is 7.47. The summed E-state index contributed by atoms with van der Waals surface area (Å²) < 4.78 is 0. The van der Waals surface area contributed by atoms with Gasteiger partial charge in [0.05, 0.1) is 17.8 Å². The van der Waals surface area contributed by atoms with E-state index in [0.717, 1.165) is 51.3 Å². The lowest BCUT2D eigenvalue weighted by molar-refractivity contribution is -0.131. The number of likely N-dealkylation sites (tertiary alicyclic amines) is 1. The number of likely N-dealkylation sites (N-methyl/N-ethyl adjacent to an activating group) is 1. The first-order valence-corrected chi connectivity index (χ1v) is 9.63. The Bertz CT molecular complexity index is 579. The number of piperazine rings is 1. The average Bonchev–Trinajstić information content (AvgIpc) is 2.90. The van der Waals surface area contributed by atoms with E-state index in [9.17, 15) is 9.90 Å². The van der Waals surface area contributed by atoms with Crippen molar-refractivity contribution in [2.45, 2.75) is 38.3 Å². The van der Waals surface area contributed by atoms with Gasteiger partial charge in [-0.15, -0.1) is 11.3 Å². The van der Waals surface area contributed by atoms with Crippen molar-refractivity contribution in [1.82, 2.24) is 19.7 Å². The monoisotopic (exact) mass is 352 g/mol. The highest BCUT2D eigenvalue weighted by atomic mass is 32.1. The van der Waals surface area contributed by atoms with Gasteiger partial charge in [-0.05, 0) is 26.8 Å². The normalized spacial score (nSPS) is 27.0. The van der Waals surface area contributed by atoms with E-state index in [4.69, 9.17) is 0 Å². The zero-order valence-electron chi connectivity index (χ0n) is 14.7. The number of rotatable bonds is 4. The van der Waals surface area contributed by atoms with E-state index in [1.165, 1.54) is 4.88 Å². The molecule has 1 aromatic heterocycles. The summed E-state index contributed by atoms with van der Waals surface area (Å²) in [6.45, 7) is 7.39. The van der Waals surface area contributed by atoms with E-state index in [1.807, 2.05) is 10.4 Å². The van der Waals surface area contributed by atoms with Crippen molar-refractivity contribution < 1.29 is 9.90 Å². The fraction of sp³-hybridized carbons (Fsp3) is 0.765. The summed E-state index contributed by atoms with van der Waals surface area (Å²) in [6, 6.07) is 0. The highest BCUT2D eigenvalue weighted by Gasteiger charge is 2.42. The molecule has 1 spiro atoms. The van der Waals surface area contributed by atoms with Crippen molar-refractivity contribution in [1.29, 1.82) is 0 Å². The second-order valence-electron chi connectivity index (χ2n) is 7.07. The minimum absolute atomic E-state index is 0.0470. The van der Waals surface area contributed by atoms with Crippen LogP contribution >= 0.6 is 11.3 Å². The maximum Gasteiger partial charge on any atom is 0.222 e. The topological polar surface area (TPSA) is 59.9 Å². The Labute approximate surface area is 148 Å². The number of aryl methyl sites for hydroxylation is 1. The van der Waals surface area contributed by atoms with Crippen LogP contribution in [-0.4, -0.2) is 82.6 Å². The average molecular weight is 353 g/mol. The van der Waals surface area contributed by atoms with Crippen LogP contribution < -0.4 is 0 Å². The molecule has 0 aliphatic carbocycles. The van der Waals surface area contributed by atoms with Crippen molar-refractivity contribution in [3.05, 3.63) is 16.1 Å². The Morgan fingerprint density at radius 1 is 1.33 bits per heavy atom.